The molecule has 0 amide bonds. The lowest BCUT2D eigenvalue weighted by Crippen LogP contribution is -2.26. The molecule has 1 rings (SSSR count). The molecule has 0 saturated heterocycles. The van der Waals surface area contributed by atoms with Gasteiger partial charge in [-0.25, -0.2) is 9.97 Å². The van der Waals surface area contributed by atoms with Crippen LogP contribution in [0, 0.1) is 0 Å². The van der Waals surface area contributed by atoms with E-state index in [1.165, 1.54) is 0 Å². The Hall–Kier alpha value is -1.36. The first-order chi connectivity index (χ1) is 9.67. The average molecular weight is 279 g/mol. The largest absolute Gasteiger partial charge is 0.370 e. The summed E-state index contributed by atoms with van der Waals surface area (Å²) >= 11 is 0. The van der Waals surface area contributed by atoms with Gasteiger partial charge in [0, 0.05) is 25.7 Å². The van der Waals surface area contributed by atoms with Crippen molar-refractivity contribution in [3.8, 4) is 0 Å². The Kier molecular flexibility index (Phi) is 7.95. The number of hydrogen-bond acceptors (Lipinski definition) is 5. The second kappa shape index (κ2) is 9.53. The number of hydrogen-bond donors (Lipinski definition) is 1. The molecule has 0 aliphatic heterocycles. The van der Waals surface area contributed by atoms with Gasteiger partial charge in [0.05, 0.1) is 0 Å². The van der Waals surface area contributed by atoms with Crippen LogP contribution in [0.2, 0.25) is 0 Å². The molecule has 20 heavy (non-hydrogen) atoms. The molecule has 0 aliphatic rings. The van der Waals surface area contributed by atoms with Crippen LogP contribution in [0.3, 0.4) is 0 Å². The molecule has 0 fully saturated rings. The molecule has 0 radical (unpaired) electrons. The van der Waals surface area contributed by atoms with Gasteiger partial charge in [-0.3, -0.25) is 0 Å². The fourth-order valence-electron chi connectivity index (χ4n) is 2.11. The van der Waals surface area contributed by atoms with Crippen molar-refractivity contribution < 1.29 is 0 Å². The van der Waals surface area contributed by atoms with E-state index in [2.05, 4.69) is 59.1 Å². The number of nitrogens with zero attached hydrogens (tertiary/aromatic N) is 4. The second-order valence-corrected chi connectivity index (χ2v) is 5.33. The van der Waals surface area contributed by atoms with Crippen LogP contribution in [0.1, 0.15) is 33.1 Å². The summed E-state index contributed by atoms with van der Waals surface area (Å²) < 4.78 is 0. The van der Waals surface area contributed by atoms with E-state index in [0.717, 1.165) is 57.1 Å². The Bertz CT molecular complexity index is 361. The predicted octanol–water partition coefficient (Wildman–Crippen LogP) is 2.47. The molecular formula is C15H29N5. The molecular weight excluding hydrogens is 250 g/mol. The highest BCUT2D eigenvalue weighted by Crippen LogP contribution is 2.14. The molecule has 114 valence electrons. The molecule has 0 unspecified atom stereocenters. The predicted molar refractivity (Wildman–Crippen MR) is 86.5 cm³/mol. The van der Waals surface area contributed by atoms with E-state index in [0.29, 0.717) is 0 Å². The minimum atomic E-state index is 0.922. The summed E-state index contributed by atoms with van der Waals surface area (Å²) in [7, 11) is 4.19. The van der Waals surface area contributed by atoms with Gasteiger partial charge in [-0.2, -0.15) is 0 Å². The zero-order valence-corrected chi connectivity index (χ0v) is 13.4. The molecule has 1 aromatic heterocycles. The van der Waals surface area contributed by atoms with Crippen molar-refractivity contribution in [2.75, 3.05) is 50.5 Å². The summed E-state index contributed by atoms with van der Waals surface area (Å²) in [5, 5.41) is 3.38. The third-order valence-corrected chi connectivity index (χ3v) is 3.05. The van der Waals surface area contributed by atoms with Crippen molar-refractivity contribution >= 4 is 11.6 Å². The van der Waals surface area contributed by atoms with E-state index in [1.54, 1.807) is 6.33 Å². The molecule has 5 heteroatoms. The van der Waals surface area contributed by atoms with Crippen LogP contribution in [-0.2, 0) is 0 Å². The van der Waals surface area contributed by atoms with Gasteiger partial charge in [0.1, 0.15) is 18.0 Å². The van der Waals surface area contributed by atoms with Crippen LogP contribution in [-0.4, -0.2) is 55.1 Å². The Morgan fingerprint density at radius 2 is 1.75 bits per heavy atom. The standard InChI is InChI=1S/C15H29N5/c1-5-9-20(10-6-2)15-12-14(17-13-18-15)16-8-7-11-19(3)4/h12-13H,5-11H2,1-4H3,(H,16,17,18). The van der Waals surface area contributed by atoms with Crippen molar-refractivity contribution in [2.24, 2.45) is 0 Å². The van der Waals surface area contributed by atoms with Crippen LogP contribution in [0.25, 0.3) is 0 Å². The third kappa shape index (κ3) is 6.19. The monoisotopic (exact) mass is 279 g/mol. The Morgan fingerprint density at radius 1 is 1.05 bits per heavy atom. The molecule has 5 nitrogen and oxygen atoms in total. The van der Waals surface area contributed by atoms with Gasteiger partial charge in [0.15, 0.2) is 0 Å². The second-order valence-electron chi connectivity index (χ2n) is 5.33. The third-order valence-electron chi connectivity index (χ3n) is 3.05. The van der Waals surface area contributed by atoms with Gasteiger partial charge in [-0.05, 0) is 39.9 Å². The van der Waals surface area contributed by atoms with Crippen molar-refractivity contribution in [3.63, 3.8) is 0 Å². The van der Waals surface area contributed by atoms with E-state index in [4.69, 9.17) is 0 Å². The van der Waals surface area contributed by atoms with Crippen molar-refractivity contribution in [2.45, 2.75) is 33.1 Å². The lowest BCUT2D eigenvalue weighted by molar-refractivity contribution is 0.405. The lowest BCUT2D eigenvalue weighted by atomic mass is 10.3. The van der Waals surface area contributed by atoms with Crippen molar-refractivity contribution in [1.29, 1.82) is 0 Å². The fraction of sp³-hybridized carbons (Fsp3) is 0.733. The number of nitrogens with one attached hydrogen (secondary N) is 1. The minimum Gasteiger partial charge on any atom is -0.370 e. The minimum absolute atomic E-state index is 0.922. The highest BCUT2D eigenvalue weighted by molar-refractivity contribution is 5.48. The van der Waals surface area contributed by atoms with E-state index in [9.17, 15) is 0 Å². The molecule has 0 aliphatic carbocycles. The lowest BCUT2D eigenvalue weighted by Gasteiger charge is -2.22. The average Bonchev–Trinajstić information content (AvgIpc) is 2.43. The zero-order chi connectivity index (χ0) is 14.8. The first-order valence-corrected chi connectivity index (χ1v) is 7.63. The van der Waals surface area contributed by atoms with Crippen molar-refractivity contribution in [3.05, 3.63) is 12.4 Å². The van der Waals surface area contributed by atoms with Gasteiger partial charge >= 0.3 is 0 Å². The van der Waals surface area contributed by atoms with Crippen LogP contribution in [0.5, 0.6) is 0 Å². The van der Waals surface area contributed by atoms with Crippen LogP contribution in [0.4, 0.5) is 11.6 Å². The summed E-state index contributed by atoms with van der Waals surface area (Å²) in [6.07, 6.45) is 5.03. The highest BCUT2D eigenvalue weighted by atomic mass is 15.2. The number of anilines is 2. The summed E-state index contributed by atoms with van der Waals surface area (Å²) in [4.78, 5) is 13.2. The topological polar surface area (TPSA) is 44.3 Å². The molecule has 0 bridgehead atoms. The summed E-state index contributed by atoms with van der Waals surface area (Å²) in [6, 6.07) is 2.06. The first-order valence-electron chi connectivity index (χ1n) is 7.63. The Morgan fingerprint density at radius 3 is 2.35 bits per heavy atom. The summed E-state index contributed by atoms with van der Waals surface area (Å²) in [6.45, 7) is 8.52. The van der Waals surface area contributed by atoms with Gasteiger partial charge < -0.3 is 15.1 Å². The van der Waals surface area contributed by atoms with Gasteiger partial charge in [0.25, 0.3) is 0 Å². The maximum Gasteiger partial charge on any atom is 0.134 e. The van der Waals surface area contributed by atoms with Gasteiger partial charge in [-0.1, -0.05) is 13.8 Å². The van der Waals surface area contributed by atoms with E-state index < -0.39 is 0 Å². The molecule has 0 spiro atoms. The SMILES string of the molecule is CCCN(CCC)c1cc(NCCCN(C)C)ncn1. The molecule has 1 heterocycles. The maximum absolute atomic E-state index is 4.40. The quantitative estimate of drug-likeness (QED) is 0.667. The van der Waals surface area contributed by atoms with E-state index in [1.807, 2.05) is 0 Å². The first kappa shape index (κ1) is 16.7. The molecule has 0 saturated carbocycles. The van der Waals surface area contributed by atoms with Gasteiger partial charge in [0.2, 0.25) is 0 Å². The molecule has 1 aromatic rings. The normalized spacial score (nSPS) is 10.8. The Balaban J connectivity index is 2.55. The maximum atomic E-state index is 4.40. The fourth-order valence-corrected chi connectivity index (χ4v) is 2.11. The van der Waals surface area contributed by atoms with Crippen LogP contribution in [0.15, 0.2) is 12.4 Å². The zero-order valence-electron chi connectivity index (χ0n) is 13.4. The number of aromatic nitrogens is 2. The van der Waals surface area contributed by atoms with E-state index >= 15 is 0 Å². The highest BCUT2D eigenvalue weighted by Gasteiger charge is 2.07. The molecule has 0 atom stereocenters. The summed E-state index contributed by atoms with van der Waals surface area (Å²) in [5.74, 6) is 1.95. The van der Waals surface area contributed by atoms with Crippen molar-refractivity contribution in [1.82, 2.24) is 14.9 Å². The Labute approximate surface area is 123 Å². The van der Waals surface area contributed by atoms with E-state index in [-0.39, 0.29) is 0 Å². The molecule has 0 aromatic carbocycles. The summed E-state index contributed by atoms with van der Waals surface area (Å²) in [5.41, 5.74) is 0. The number of rotatable bonds is 10. The van der Waals surface area contributed by atoms with Gasteiger partial charge in [-0.15, -0.1) is 0 Å². The smallest absolute Gasteiger partial charge is 0.134 e. The van der Waals surface area contributed by atoms with Crippen LogP contribution < -0.4 is 10.2 Å². The van der Waals surface area contributed by atoms with Crippen LogP contribution >= 0.6 is 0 Å². The molecule has 1 N–H and O–H groups in total.